The average molecular weight is 426 g/mol. The lowest BCUT2D eigenvalue weighted by molar-refractivity contribution is -0.138. The molecule has 0 aliphatic carbocycles. The molecule has 160 valence electrons. The van der Waals surface area contributed by atoms with Gasteiger partial charge in [0.2, 0.25) is 11.8 Å². The summed E-state index contributed by atoms with van der Waals surface area (Å²) in [7, 11) is 0. The molecule has 0 radical (unpaired) electrons. The first-order valence-electron chi connectivity index (χ1n) is 8.58. The Kier molecular flexibility index (Phi) is 10.3. The highest BCUT2D eigenvalue weighted by Gasteiger charge is 2.34. The minimum absolute atomic E-state index is 0. The Morgan fingerprint density at radius 3 is 2.25 bits per heavy atom. The van der Waals surface area contributed by atoms with E-state index in [0.29, 0.717) is 0 Å². The molecule has 0 saturated carbocycles. The van der Waals surface area contributed by atoms with Gasteiger partial charge >= 0.3 is 6.18 Å². The second-order valence-electron chi connectivity index (χ2n) is 6.75. The number of carbonyl (C=O) groups excluding carboxylic acids is 2. The number of benzene rings is 1. The van der Waals surface area contributed by atoms with Gasteiger partial charge in [-0.2, -0.15) is 13.2 Å². The van der Waals surface area contributed by atoms with Crippen LogP contribution in [-0.2, 0) is 22.3 Å². The third kappa shape index (κ3) is 8.35. The third-order valence-corrected chi connectivity index (χ3v) is 3.68. The normalized spacial score (nSPS) is 12.4. The van der Waals surface area contributed by atoms with E-state index in [0.717, 1.165) is 6.07 Å². The number of alkyl halides is 3. The van der Waals surface area contributed by atoms with E-state index in [-0.39, 0.29) is 48.8 Å². The van der Waals surface area contributed by atoms with Gasteiger partial charge in [0.1, 0.15) is 5.75 Å². The van der Waals surface area contributed by atoms with Crippen molar-refractivity contribution in [1.29, 1.82) is 0 Å². The van der Waals surface area contributed by atoms with Crippen molar-refractivity contribution in [2.45, 2.75) is 52.6 Å². The van der Waals surface area contributed by atoms with Crippen LogP contribution in [0.15, 0.2) is 18.2 Å². The molecule has 0 bridgehead atoms. The van der Waals surface area contributed by atoms with Crippen LogP contribution in [0.2, 0.25) is 0 Å². The number of nitrogens with one attached hydrogen (secondary N) is 2. The predicted molar refractivity (Wildman–Crippen MR) is 102 cm³/mol. The first kappa shape index (κ1) is 26.0. The van der Waals surface area contributed by atoms with Crippen molar-refractivity contribution in [2.75, 3.05) is 6.54 Å². The molecule has 0 saturated heterocycles. The maximum absolute atomic E-state index is 13.3. The number of hydrogen-bond donors (Lipinski definition) is 3. The summed E-state index contributed by atoms with van der Waals surface area (Å²) in [5.41, 5.74) is 4.66. The fourth-order valence-corrected chi connectivity index (χ4v) is 2.16. The molecule has 0 heterocycles. The highest BCUT2D eigenvalue weighted by molar-refractivity contribution is 5.87. The summed E-state index contributed by atoms with van der Waals surface area (Å²) in [5, 5.41) is 4.72. The summed E-state index contributed by atoms with van der Waals surface area (Å²) < 4.78 is 45.1. The van der Waals surface area contributed by atoms with Gasteiger partial charge in [0.25, 0.3) is 0 Å². The third-order valence-electron chi connectivity index (χ3n) is 3.68. The SMILES string of the molecule is CC(C)Oc1ccc(CNC(=O)CNC(=O)[C@@H](N)C(C)C)c(C(F)(F)F)c1.Cl. The maximum atomic E-state index is 13.3. The topological polar surface area (TPSA) is 93.5 Å². The standard InChI is InChI=1S/C18H26F3N3O3.ClH/c1-10(2)16(22)17(26)24-9-15(25)23-8-12-5-6-13(27-11(3)4)7-14(12)18(19,20)21;/h5-7,10-11,16H,8-9,22H2,1-4H3,(H,23,25)(H,24,26);1H/t16-;/m0./s1. The second kappa shape index (κ2) is 11.1. The number of rotatable bonds is 8. The highest BCUT2D eigenvalue weighted by atomic mass is 35.5. The van der Waals surface area contributed by atoms with E-state index in [9.17, 15) is 22.8 Å². The predicted octanol–water partition coefficient (Wildman–Crippen LogP) is 2.63. The Morgan fingerprint density at radius 1 is 1.14 bits per heavy atom. The fourth-order valence-electron chi connectivity index (χ4n) is 2.16. The summed E-state index contributed by atoms with van der Waals surface area (Å²) in [6.07, 6.45) is -4.85. The molecular formula is C18H27ClF3N3O3. The van der Waals surface area contributed by atoms with Crippen LogP contribution in [0.25, 0.3) is 0 Å². The lowest BCUT2D eigenvalue weighted by atomic mass is 10.1. The van der Waals surface area contributed by atoms with Crippen LogP contribution < -0.4 is 21.1 Å². The Bertz CT molecular complexity index is 667. The van der Waals surface area contributed by atoms with Gasteiger partial charge in [-0.15, -0.1) is 12.4 Å². The average Bonchev–Trinajstić information content (AvgIpc) is 2.56. The number of carbonyl (C=O) groups is 2. The molecule has 0 unspecified atom stereocenters. The lowest BCUT2D eigenvalue weighted by Gasteiger charge is -2.17. The summed E-state index contributed by atoms with van der Waals surface area (Å²) in [5.74, 6) is -1.11. The van der Waals surface area contributed by atoms with Crippen molar-refractivity contribution in [3.8, 4) is 5.75 Å². The summed E-state index contributed by atoms with van der Waals surface area (Å²) in [6, 6.07) is 2.82. The van der Waals surface area contributed by atoms with Crippen molar-refractivity contribution in [2.24, 2.45) is 11.7 Å². The van der Waals surface area contributed by atoms with Gasteiger partial charge in [-0.3, -0.25) is 9.59 Å². The maximum Gasteiger partial charge on any atom is 0.416 e. The minimum atomic E-state index is -4.59. The molecule has 0 aliphatic heterocycles. The number of nitrogens with two attached hydrogens (primary N) is 1. The molecular weight excluding hydrogens is 399 g/mol. The van der Waals surface area contributed by atoms with Crippen LogP contribution in [-0.4, -0.2) is 30.5 Å². The first-order chi connectivity index (χ1) is 12.4. The first-order valence-corrected chi connectivity index (χ1v) is 8.58. The zero-order valence-corrected chi connectivity index (χ0v) is 17.0. The molecule has 10 heteroatoms. The quantitative estimate of drug-likeness (QED) is 0.597. The Labute approximate surface area is 168 Å². The summed E-state index contributed by atoms with van der Waals surface area (Å²) in [6.45, 7) is 6.24. The molecule has 28 heavy (non-hydrogen) atoms. The smallest absolute Gasteiger partial charge is 0.416 e. The lowest BCUT2D eigenvalue weighted by Crippen LogP contribution is -2.47. The van der Waals surface area contributed by atoms with Crippen molar-refractivity contribution in [3.05, 3.63) is 29.3 Å². The van der Waals surface area contributed by atoms with Gasteiger partial charge in [-0.25, -0.2) is 0 Å². The van der Waals surface area contributed by atoms with E-state index in [2.05, 4.69) is 10.6 Å². The highest BCUT2D eigenvalue weighted by Crippen LogP contribution is 2.34. The molecule has 4 N–H and O–H groups in total. The van der Waals surface area contributed by atoms with Crippen molar-refractivity contribution >= 4 is 24.2 Å². The van der Waals surface area contributed by atoms with E-state index in [1.165, 1.54) is 12.1 Å². The molecule has 6 nitrogen and oxygen atoms in total. The van der Waals surface area contributed by atoms with Gasteiger partial charge in [-0.05, 0) is 37.5 Å². The van der Waals surface area contributed by atoms with Crippen molar-refractivity contribution < 1.29 is 27.5 Å². The van der Waals surface area contributed by atoms with Crippen molar-refractivity contribution in [1.82, 2.24) is 10.6 Å². The molecule has 1 atom stereocenters. The van der Waals surface area contributed by atoms with Crippen LogP contribution >= 0.6 is 12.4 Å². The van der Waals surface area contributed by atoms with Gasteiger partial charge < -0.3 is 21.1 Å². The van der Waals surface area contributed by atoms with E-state index >= 15 is 0 Å². The summed E-state index contributed by atoms with van der Waals surface area (Å²) >= 11 is 0. The largest absolute Gasteiger partial charge is 0.491 e. The van der Waals surface area contributed by atoms with E-state index in [1.54, 1.807) is 27.7 Å². The Hall–Kier alpha value is -2.00. The van der Waals surface area contributed by atoms with Gasteiger partial charge in [-0.1, -0.05) is 19.9 Å². The Balaban J connectivity index is 0.00000729. The number of amides is 2. The summed E-state index contributed by atoms with van der Waals surface area (Å²) in [4.78, 5) is 23.5. The molecule has 1 rings (SSSR count). The van der Waals surface area contributed by atoms with Crippen LogP contribution in [0.4, 0.5) is 13.2 Å². The number of hydrogen-bond acceptors (Lipinski definition) is 4. The zero-order valence-electron chi connectivity index (χ0n) is 16.2. The monoisotopic (exact) mass is 425 g/mol. The molecule has 0 aromatic heterocycles. The minimum Gasteiger partial charge on any atom is -0.491 e. The number of ether oxygens (including phenoxy) is 1. The van der Waals surface area contributed by atoms with Crippen LogP contribution in [0.1, 0.15) is 38.8 Å². The zero-order chi connectivity index (χ0) is 20.8. The fraction of sp³-hybridized carbons (Fsp3) is 0.556. The number of halogens is 4. The van der Waals surface area contributed by atoms with E-state index < -0.39 is 29.6 Å². The molecule has 0 aliphatic rings. The Morgan fingerprint density at radius 2 is 1.75 bits per heavy atom. The van der Waals surface area contributed by atoms with Gasteiger partial charge in [0.15, 0.2) is 0 Å². The molecule has 2 amide bonds. The van der Waals surface area contributed by atoms with Crippen LogP contribution in [0, 0.1) is 5.92 Å². The van der Waals surface area contributed by atoms with Crippen molar-refractivity contribution in [3.63, 3.8) is 0 Å². The second-order valence-corrected chi connectivity index (χ2v) is 6.75. The molecule has 0 spiro atoms. The molecule has 0 fully saturated rings. The molecule has 1 aromatic rings. The van der Waals surface area contributed by atoms with E-state index in [4.69, 9.17) is 10.5 Å². The van der Waals surface area contributed by atoms with Gasteiger partial charge in [0, 0.05) is 6.54 Å². The van der Waals surface area contributed by atoms with E-state index in [1.807, 2.05) is 0 Å². The van der Waals surface area contributed by atoms with Crippen LogP contribution in [0.5, 0.6) is 5.75 Å². The molecule has 1 aromatic carbocycles. The van der Waals surface area contributed by atoms with Gasteiger partial charge in [0.05, 0.1) is 24.3 Å². The van der Waals surface area contributed by atoms with Crippen LogP contribution in [0.3, 0.4) is 0 Å².